The molecule has 37 heavy (non-hydrogen) atoms. The average molecular weight is 530 g/mol. The molecule has 186 valence electrons. The number of oxazole rings is 1. The summed E-state index contributed by atoms with van der Waals surface area (Å²) in [5, 5.41) is 8.50. The average Bonchev–Trinajstić information content (AvgIpc) is 3.32. The highest BCUT2D eigenvalue weighted by Gasteiger charge is 2.14. The summed E-state index contributed by atoms with van der Waals surface area (Å²) in [5.74, 6) is 0.924. The zero-order chi connectivity index (χ0) is 25.8. The lowest BCUT2D eigenvalue weighted by atomic mass is 10.0. The van der Waals surface area contributed by atoms with Crippen LogP contribution >= 0.6 is 23.8 Å². The van der Waals surface area contributed by atoms with Crippen molar-refractivity contribution in [2.45, 2.75) is 19.8 Å². The van der Waals surface area contributed by atoms with Crippen molar-refractivity contribution in [2.24, 2.45) is 0 Å². The number of thiocarbonyl (C=S) groups is 1. The lowest BCUT2D eigenvalue weighted by molar-refractivity contribution is 0.0977. The molecule has 0 fully saturated rings. The van der Waals surface area contributed by atoms with E-state index in [-0.39, 0.29) is 11.0 Å². The van der Waals surface area contributed by atoms with E-state index in [1.54, 1.807) is 24.3 Å². The highest BCUT2D eigenvalue weighted by molar-refractivity contribution is 7.80. The molecule has 0 aliphatic heterocycles. The molecule has 0 bridgehead atoms. The summed E-state index contributed by atoms with van der Waals surface area (Å²) in [4.78, 5) is 17.3. The predicted molar refractivity (Wildman–Crippen MR) is 152 cm³/mol. The van der Waals surface area contributed by atoms with Gasteiger partial charge in [0.2, 0.25) is 5.89 Å². The number of rotatable bonds is 7. The fourth-order valence-corrected chi connectivity index (χ4v) is 4.40. The van der Waals surface area contributed by atoms with Crippen molar-refractivity contribution in [2.75, 3.05) is 11.9 Å². The van der Waals surface area contributed by atoms with E-state index in [4.69, 9.17) is 33.0 Å². The first kappa shape index (κ1) is 24.7. The van der Waals surface area contributed by atoms with Gasteiger partial charge in [-0.15, -0.1) is 0 Å². The SMILES string of the molecule is CCCCOc1ccc(C(=O)NC(=S)Nc2ccc3oc(-c4cccc5c(Cl)cccc45)nc3c2)cc1. The summed E-state index contributed by atoms with van der Waals surface area (Å²) >= 11 is 11.7. The molecule has 1 heterocycles. The second kappa shape index (κ2) is 11.0. The molecular formula is C29H24ClN3O3S. The zero-order valence-electron chi connectivity index (χ0n) is 20.1. The molecule has 0 aliphatic rings. The molecule has 2 N–H and O–H groups in total. The summed E-state index contributed by atoms with van der Waals surface area (Å²) in [6.07, 6.45) is 2.05. The molecule has 8 heteroatoms. The highest BCUT2D eigenvalue weighted by Crippen LogP contribution is 2.34. The Morgan fingerprint density at radius 2 is 1.81 bits per heavy atom. The maximum absolute atomic E-state index is 12.6. The Labute approximate surface area is 224 Å². The van der Waals surface area contributed by atoms with Crippen LogP contribution in [0.1, 0.15) is 30.1 Å². The van der Waals surface area contributed by atoms with E-state index in [0.29, 0.717) is 39.9 Å². The van der Waals surface area contributed by atoms with Crippen molar-refractivity contribution < 1.29 is 13.9 Å². The second-order valence-corrected chi connectivity index (χ2v) is 9.29. The Morgan fingerprint density at radius 3 is 2.62 bits per heavy atom. The molecule has 4 aromatic carbocycles. The number of anilines is 1. The number of halogens is 1. The van der Waals surface area contributed by atoms with Gasteiger partial charge in [0.15, 0.2) is 10.7 Å². The Bertz CT molecular complexity index is 1600. The molecule has 5 aromatic rings. The smallest absolute Gasteiger partial charge is 0.257 e. The van der Waals surface area contributed by atoms with E-state index in [1.807, 2.05) is 54.6 Å². The number of hydrogen-bond donors (Lipinski definition) is 2. The van der Waals surface area contributed by atoms with Crippen molar-refractivity contribution >= 4 is 62.4 Å². The third-order valence-corrected chi connectivity index (χ3v) is 6.39. The van der Waals surface area contributed by atoms with E-state index in [2.05, 4.69) is 22.5 Å². The predicted octanol–water partition coefficient (Wildman–Crippen LogP) is 7.61. The number of nitrogens with one attached hydrogen (secondary N) is 2. The summed E-state index contributed by atoms with van der Waals surface area (Å²) in [6, 6.07) is 24.0. The van der Waals surface area contributed by atoms with Gasteiger partial charge in [-0.3, -0.25) is 10.1 Å². The van der Waals surface area contributed by atoms with Crippen LogP contribution in [0.25, 0.3) is 33.3 Å². The first-order chi connectivity index (χ1) is 18.0. The molecule has 0 spiro atoms. The quantitative estimate of drug-likeness (QED) is 0.167. The lowest BCUT2D eigenvalue weighted by Gasteiger charge is -2.10. The number of unbranched alkanes of at least 4 members (excludes halogenated alkanes) is 1. The topological polar surface area (TPSA) is 76.4 Å². The Morgan fingerprint density at radius 1 is 1.03 bits per heavy atom. The minimum atomic E-state index is -0.308. The van der Waals surface area contributed by atoms with Crippen LogP contribution in [-0.4, -0.2) is 22.6 Å². The van der Waals surface area contributed by atoms with Crippen molar-refractivity contribution in [3.63, 3.8) is 0 Å². The summed E-state index contributed by atoms with van der Waals surface area (Å²) in [6.45, 7) is 2.77. The van der Waals surface area contributed by atoms with E-state index >= 15 is 0 Å². The van der Waals surface area contributed by atoms with Crippen LogP contribution in [0.2, 0.25) is 5.02 Å². The van der Waals surface area contributed by atoms with Gasteiger partial charge in [0, 0.05) is 27.2 Å². The minimum Gasteiger partial charge on any atom is -0.494 e. The van der Waals surface area contributed by atoms with Gasteiger partial charge in [0.05, 0.1) is 6.61 Å². The van der Waals surface area contributed by atoms with Crippen LogP contribution in [0.5, 0.6) is 5.75 Å². The van der Waals surface area contributed by atoms with Gasteiger partial charge in [-0.1, -0.05) is 49.2 Å². The van der Waals surface area contributed by atoms with Crippen molar-refractivity contribution in [1.29, 1.82) is 0 Å². The second-order valence-electron chi connectivity index (χ2n) is 8.48. The molecule has 0 unspecified atom stereocenters. The molecule has 0 saturated carbocycles. The number of amides is 1. The number of fused-ring (bicyclic) bond motifs is 2. The number of aromatic nitrogens is 1. The Kier molecular flexibility index (Phi) is 7.35. The molecule has 0 saturated heterocycles. The van der Waals surface area contributed by atoms with Crippen molar-refractivity contribution in [1.82, 2.24) is 10.3 Å². The van der Waals surface area contributed by atoms with Crippen LogP contribution in [0.15, 0.2) is 83.3 Å². The van der Waals surface area contributed by atoms with Gasteiger partial charge in [0.1, 0.15) is 11.3 Å². The standard InChI is InChI=1S/C29H24ClN3O3S/c1-2-3-16-35-20-13-10-18(11-14-20)27(34)33-29(37)31-19-12-15-26-25(17-19)32-28(36-26)23-8-4-7-22-21(23)6-5-9-24(22)30/h4-15,17H,2-3,16H2,1H3,(H2,31,33,34,37). The number of ether oxygens (including phenoxy) is 1. The van der Waals surface area contributed by atoms with Crippen molar-refractivity contribution in [3.05, 3.63) is 89.4 Å². The van der Waals surface area contributed by atoms with E-state index in [9.17, 15) is 4.79 Å². The van der Waals surface area contributed by atoms with Crippen LogP contribution in [0.3, 0.4) is 0 Å². The maximum Gasteiger partial charge on any atom is 0.257 e. The number of carbonyl (C=O) groups is 1. The Balaban J connectivity index is 1.27. The molecule has 0 atom stereocenters. The molecule has 1 amide bonds. The minimum absolute atomic E-state index is 0.181. The molecular weight excluding hydrogens is 506 g/mol. The van der Waals surface area contributed by atoms with Gasteiger partial charge < -0.3 is 14.5 Å². The number of hydrogen-bond acceptors (Lipinski definition) is 5. The van der Waals surface area contributed by atoms with Gasteiger partial charge >= 0.3 is 0 Å². The molecule has 0 radical (unpaired) electrons. The van der Waals surface area contributed by atoms with E-state index in [0.717, 1.165) is 34.9 Å². The van der Waals surface area contributed by atoms with Gasteiger partial charge in [0.25, 0.3) is 5.91 Å². The lowest BCUT2D eigenvalue weighted by Crippen LogP contribution is -2.34. The molecule has 6 nitrogen and oxygen atoms in total. The van der Waals surface area contributed by atoms with Crippen LogP contribution < -0.4 is 15.4 Å². The first-order valence-corrected chi connectivity index (χ1v) is 12.7. The van der Waals surface area contributed by atoms with Crippen LogP contribution in [0, 0.1) is 0 Å². The van der Waals surface area contributed by atoms with E-state index < -0.39 is 0 Å². The number of benzene rings is 4. The molecule has 1 aromatic heterocycles. The number of nitrogens with zero attached hydrogens (tertiary/aromatic N) is 1. The van der Waals surface area contributed by atoms with Gasteiger partial charge in [-0.2, -0.15) is 0 Å². The highest BCUT2D eigenvalue weighted by atomic mass is 35.5. The fourth-order valence-electron chi connectivity index (χ4n) is 3.95. The van der Waals surface area contributed by atoms with Crippen LogP contribution in [0.4, 0.5) is 5.69 Å². The fraction of sp³-hybridized carbons (Fsp3) is 0.138. The van der Waals surface area contributed by atoms with Gasteiger partial charge in [-0.25, -0.2) is 4.98 Å². The molecule has 5 rings (SSSR count). The zero-order valence-corrected chi connectivity index (χ0v) is 21.7. The summed E-state index contributed by atoms with van der Waals surface area (Å²) < 4.78 is 11.7. The van der Waals surface area contributed by atoms with E-state index in [1.165, 1.54) is 0 Å². The first-order valence-electron chi connectivity index (χ1n) is 12.0. The molecule has 0 aliphatic carbocycles. The third-order valence-electron chi connectivity index (χ3n) is 5.85. The van der Waals surface area contributed by atoms with Crippen LogP contribution in [-0.2, 0) is 0 Å². The maximum atomic E-state index is 12.6. The van der Waals surface area contributed by atoms with Gasteiger partial charge in [-0.05, 0) is 78.6 Å². The summed E-state index contributed by atoms with van der Waals surface area (Å²) in [7, 11) is 0. The third kappa shape index (κ3) is 5.58. The monoisotopic (exact) mass is 529 g/mol. The number of carbonyl (C=O) groups excluding carboxylic acids is 1. The normalized spacial score (nSPS) is 11.0. The van der Waals surface area contributed by atoms with Crippen molar-refractivity contribution in [3.8, 4) is 17.2 Å². The Hall–Kier alpha value is -3.94. The largest absolute Gasteiger partial charge is 0.494 e. The summed E-state index contributed by atoms with van der Waals surface area (Å²) in [5.41, 5.74) is 3.31.